The maximum atomic E-state index is 12.8. The molecule has 0 unspecified atom stereocenters. The molecule has 0 fully saturated rings. The molecule has 1 aliphatic heterocycles. The van der Waals surface area contributed by atoms with Crippen molar-refractivity contribution in [1.29, 1.82) is 0 Å². The number of alkyl halides is 3. The third-order valence-corrected chi connectivity index (χ3v) is 6.90. The Morgan fingerprint density at radius 1 is 1.07 bits per heavy atom. The SMILES string of the molecule is CN1Cc2cc(OCC(F)(F)F)c(-c3cn(C)c(=O)c4ccccc34)cc2S1(=O)=O. The van der Waals surface area contributed by atoms with Crippen LogP contribution >= 0.6 is 0 Å². The Bertz CT molecular complexity index is 1330. The molecule has 10 heteroatoms. The van der Waals surface area contributed by atoms with Crippen LogP contribution in [0.15, 0.2) is 52.3 Å². The third kappa shape index (κ3) is 3.35. The van der Waals surface area contributed by atoms with Gasteiger partial charge in [0.1, 0.15) is 5.75 Å². The molecule has 2 heterocycles. The van der Waals surface area contributed by atoms with Crippen molar-refractivity contribution < 1.29 is 26.3 Å². The number of hydrogen-bond donors (Lipinski definition) is 0. The molecular formula is C20H17F3N2O4S. The van der Waals surface area contributed by atoms with Crippen LogP contribution in [0.2, 0.25) is 0 Å². The van der Waals surface area contributed by atoms with Crippen molar-refractivity contribution in [2.75, 3.05) is 13.7 Å². The fourth-order valence-corrected chi connectivity index (χ4v) is 4.95. The van der Waals surface area contributed by atoms with E-state index in [1.165, 1.54) is 37.0 Å². The van der Waals surface area contributed by atoms with E-state index in [-0.39, 0.29) is 28.3 Å². The van der Waals surface area contributed by atoms with Crippen LogP contribution in [0.4, 0.5) is 13.2 Å². The van der Waals surface area contributed by atoms with Gasteiger partial charge in [-0.2, -0.15) is 17.5 Å². The van der Waals surface area contributed by atoms with Crippen LogP contribution in [0.3, 0.4) is 0 Å². The Kier molecular flexibility index (Phi) is 4.66. The summed E-state index contributed by atoms with van der Waals surface area (Å²) in [5, 5.41) is 0.848. The molecule has 0 aliphatic carbocycles. The largest absolute Gasteiger partial charge is 0.483 e. The number of pyridine rings is 1. The molecule has 0 radical (unpaired) electrons. The summed E-state index contributed by atoms with van der Waals surface area (Å²) in [5.41, 5.74) is 0.647. The molecule has 1 aliphatic rings. The van der Waals surface area contributed by atoms with Crippen LogP contribution in [0, 0.1) is 0 Å². The van der Waals surface area contributed by atoms with E-state index in [0.717, 1.165) is 4.31 Å². The summed E-state index contributed by atoms with van der Waals surface area (Å²) in [4.78, 5) is 12.5. The van der Waals surface area contributed by atoms with E-state index < -0.39 is 22.8 Å². The second-order valence-electron chi connectivity index (χ2n) is 7.13. The molecule has 4 rings (SSSR count). The molecule has 0 bridgehead atoms. The lowest BCUT2D eigenvalue weighted by atomic mass is 9.98. The van der Waals surface area contributed by atoms with Gasteiger partial charge in [0.15, 0.2) is 6.61 Å². The van der Waals surface area contributed by atoms with Gasteiger partial charge in [-0.05, 0) is 29.1 Å². The van der Waals surface area contributed by atoms with E-state index in [1.54, 1.807) is 24.3 Å². The number of ether oxygens (including phenoxy) is 1. The van der Waals surface area contributed by atoms with Gasteiger partial charge in [-0.1, -0.05) is 18.2 Å². The van der Waals surface area contributed by atoms with Gasteiger partial charge in [-0.15, -0.1) is 0 Å². The number of aromatic nitrogens is 1. The summed E-state index contributed by atoms with van der Waals surface area (Å²) >= 11 is 0. The Morgan fingerprint density at radius 3 is 2.40 bits per heavy atom. The molecule has 0 N–H and O–H groups in total. The first-order valence-corrected chi connectivity index (χ1v) is 10.3. The summed E-state index contributed by atoms with van der Waals surface area (Å²) in [6, 6.07) is 9.29. The van der Waals surface area contributed by atoms with Gasteiger partial charge in [0.25, 0.3) is 5.56 Å². The molecule has 0 atom stereocenters. The summed E-state index contributed by atoms with van der Waals surface area (Å²) in [6.45, 7) is -1.49. The first-order chi connectivity index (χ1) is 14.0. The van der Waals surface area contributed by atoms with Gasteiger partial charge in [-0.25, -0.2) is 8.42 Å². The fourth-order valence-electron chi connectivity index (χ4n) is 3.58. The van der Waals surface area contributed by atoms with E-state index in [2.05, 4.69) is 0 Å². The smallest absolute Gasteiger partial charge is 0.422 e. The Hall–Kier alpha value is -2.85. The lowest BCUT2D eigenvalue weighted by molar-refractivity contribution is -0.153. The van der Waals surface area contributed by atoms with Crippen LogP contribution in [0.25, 0.3) is 21.9 Å². The van der Waals surface area contributed by atoms with Crippen LogP contribution in [-0.2, 0) is 23.6 Å². The van der Waals surface area contributed by atoms with E-state index in [9.17, 15) is 26.4 Å². The standard InChI is InChI=1S/C20H17F3N2O4S/c1-24-10-16(13-5-3-4-6-14(13)19(24)26)15-8-18-12(9-25(2)30(18,27)28)7-17(15)29-11-20(21,22)23/h3-8,10H,9,11H2,1-2H3. The topological polar surface area (TPSA) is 68.6 Å². The molecule has 1 aromatic heterocycles. The normalized spacial score (nSPS) is 16.0. The zero-order chi connectivity index (χ0) is 21.8. The predicted octanol–water partition coefficient (Wildman–Crippen LogP) is 3.28. The van der Waals surface area contributed by atoms with Crippen molar-refractivity contribution in [2.45, 2.75) is 17.6 Å². The number of sulfonamides is 1. The molecule has 0 amide bonds. The minimum Gasteiger partial charge on any atom is -0.483 e. The minimum atomic E-state index is -4.56. The monoisotopic (exact) mass is 438 g/mol. The molecule has 0 spiro atoms. The average Bonchev–Trinajstić information content (AvgIpc) is 2.90. The Morgan fingerprint density at radius 2 is 1.73 bits per heavy atom. The molecule has 3 aromatic rings. The zero-order valence-corrected chi connectivity index (χ0v) is 16.8. The van der Waals surface area contributed by atoms with Crippen molar-refractivity contribution in [3.63, 3.8) is 0 Å². The highest BCUT2D eigenvalue weighted by Crippen LogP contribution is 2.41. The first kappa shape index (κ1) is 20.4. The quantitative estimate of drug-likeness (QED) is 0.630. The van der Waals surface area contributed by atoms with Crippen LogP contribution in [-0.4, -0.2) is 37.1 Å². The number of fused-ring (bicyclic) bond motifs is 2. The molecule has 6 nitrogen and oxygen atoms in total. The van der Waals surface area contributed by atoms with Crippen molar-refractivity contribution >= 4 is 20.8 Å². The summed E-state index contributed by atoms with van der Waals surface area (Å²) in [7, 11) is -0.843. The van der Waals surface area contributed by atoms with E-state index in [0.29, 0.717) is 21.9 Å². The molecule has 30 heavy (non-hydrogen) atoms. The Balaban J connectivity index is 2.02. The average molecular weight is 438 g/mol. The van der Waals surface area contributed by atoms with Crippen LogP contribution in [0.1, 0.15) is 5.56 Å². The second-order valence-corrected chi connectivity index (χ2v) is 9.14. The Labute approximate surface area is 170 Å². The van der Waals surface area contributed by atoms with E-state index in [1.807, 2.05) is 0 Å². The number of rotatable bonds is 3. The van der Waals surface area contributed by atoms with Crippen molar-refractivity contribution in [3.8, 4) is 16.9 Å². The minimum absolute atomic E-state index is 0.0114. The summed E-state index contributed by atoms with van der Waals surface area (Å²) in [6.07, 6.45) is -3.09. The maximum absolute atomic E-state index is 12.8. The molecular weight excluding hydrogens is 421 g/mol. The second kappa shape index (κ2) is 6.85. The van der Waals surface area contributed by atoms with E-state index >= 15 is 0 Å². The number of aryl methyl sites for hydroxylation is 1. The predicted molar refractivity (Wildman–Crippen MR) is 105 cm³/mol. The van der Waals surface area contributed by atoms with Gasteiger partial charge in [-0.3, -0.25) is 4.79 Å². The molecule has 158 valence electrons. The highest BCUT2D eigenvalue weighted by atomic mass is 32.2. The highest BCUT2D eigenvalue weighted by Gasteiger charge is 2.35. The van der Waals surface area contributed by atoms with Gasteiger partial charge in [0.2, 0.25) is 10.0 Å². The number of halogens is 3. The summed E-state index contributed by atoms with van der Waals surface area (Å²) < 4.78 is 71.3. The molecule has 0 saturated carbocycles. The van der Waals surface area contributed by atoms with Gasteiger partial charge in [0, 0.05) is 43.4 Å². The number of nitrogens with zero attached hydrogens (tertiary/aromatic N) is 2. The van der Waals surface area contributed by atoms with Crippen molar-refractivity contribution in [2.24, 2.45) is 7.05 Å². The van der Waals surface area contributed by atoms with Gasteiger partial charge in [0.05, 0.1) is 4.90 Å². The van der Waals surface area contributed by atoms with Crippen LogP contribution in [0.5, 0.6) is 5.75 Å². The zero-order valence-electron chi connectivity index (χ0n) is 16.0. The number of benzene rings is 2. The third-order valence-electron chi connectivity index (χ3n) is 5.02. The van der Waals surface area contributed by atoms with Gasteiger partial charge < -0.3 is 9.30 Å². The molecule has 0 saturated heterocycles. The maximum Gasteiger partial charge on any atom is 0.422 e. The molecule has 2 aromatic carbocycles. The highest BCUT2D eigenvalue weighted by molar-refractivity contribution is 7.89. The lowest BCUT2D eigenvalue weighted by Gasteiger charge is -2.17. The summed E-state index contributed by atoms with van der Waals surface area (Å²) in [5.74, 6) is -0.0969. The van der Waals surface area contributed by atoms with Crippen LogP contribution < -0.4 is 10.3 Å². The van der Waals surface area contributed by atoms with Gasteiger partial charge >= 0.3 is 6.18 Å². The lowest BCUT2D eigenvalue weighted by Crippen LogP contribution is -2.20. The number of hydrogen-bond acceptors (Lipinski definition) is 4. The van der Waals surface area contributed by atoms with Crippen molar-refractivity contribution in [3.05, 3.63) is 58.5 Å². The van der Waals surface area contributed by atoms with Crippen molar-refractivity contribution in [1.82, 2.24) is 8.87 Å². The first-order valence-electron chi connectivity index (χ1n) is 8.90. The fraction of sp³-hybridized carbons (Fsp3) is 0.250. The van der Waals surface area contributed by atoms with E-state index in [4.69, 9.17) is 4.74 Å².